The molecule has 3 rings (SSSR count). The van der Waals surface area contributed by atoms with Crippen molar-refractivity contribution < 1.29 is 59.4 Å². The molecule has 12 nitrogen and oxygen atoms in total. The molecule has 0 saturated carbocycles. The van der Waals surface area contributed by atoms with Gasteiger partial charge in [0.05, 0.1) is 20.3 Å². The van der Waals surface area contributed by atoms with Gasteiger partial charge in [-0.25, -0.2) is 0 Å². The molecule has 1 aromatic carbocycles. The maximum Gasteiger partial charge on any atom is 0.229 e. The van der Waals surface area contributed by atoms with Gasteiger partial charge in [-0.15, -0.1) is 0 Å². The molecule has 2 aliphatic rings. The van der Waals surface area contributed by atoms with E-state index in [-0.39, 0.29) is 23.9 Å². The first-order valence-corrected chi connectivity index (χ1v) is 9.23. The van der Waals surface area contributed by atoms with Crippen molar-refractivity contribution in [3.63, 3.8) is 0 Å². The molecular formula is C18H26O12. The lowest BCUT2D eigenvalue weighted by Gasteiger charge is -2.41. The molecule has 0 unspecified atom stereocenters. The fourth-order valence-corrected chi connectivity index (χ4v) is 3.13. The molecule has 12 heteroatoms. The minimum Gasteiger partial charge on any atom is -0.504 e. The number of ether oxygens (including phenoxy) is 5. The van der Waals surface area contributed by atoms with Gasteiger partial charge < -0.3 is 59.4 Å². The van der Waals surface area contributed by atoms with Crippen LogP contribution < -0.4 is 9.47 Å². The van der Waals surface area contributed by atoms with E-state index in [9.17, 15) is 35.7 Å². The Kier molecular flexibility index (Phi) is 7.34. The van der Waals surface area contributed by atoms with Crippen LogP contribution in [0.3, 0.4) is 0 Å². The molecule has 2 aliphatic heterocycles. The van der Waals surface area contributed by atoms with E-state index >= 15 is 0 Å². The summed E-state index contributed by atoms with van der Waals surface area (Å²) in [7, 11) is 1.34. The highest BCUT2D eigenvalue weighted by molar-refractivity contribution is 5.44. The Balaban J connectivity index is 1.64. The van der Waals surface area contributed by atoms with Gasteiger partial charge in [0.2, 0.25) is 6.29 Å². The molecule has 0 radical (unpaired) electrons. The molecule has 170 valence electrons. The first-order valence-electron chi connectivity index (χ1n) is 9.23. The van der Waals surface area contributed by atoms with Crippen LogP contribution in [0.1, 0.15) is 0 Å². The van der Waals surface area contributed by atoms with Crippen LogP contribution in [-0.4, -0.2) is 111 Å². The summed E-state index contributed by atoms with van der Waals surface area (Å²) in [6.45, 7) is -0.666. The smallest absolute Gasteiger partial charge is 0.229 e. The maximum absolute atomic E-state index is 10.2. The van der Waals surface area contributed by atoms with E-state index in [1.54, 1.807) is 0 Å². The SMILES string of the molecule is COc1cc(O[C@@H]2O[C@H](CO[C@@H]3OC[C@@H](O)[C@H](O)[C@H]3O)[C@@H](O)[C@H](O)[C@H]2O)ccc1O. The molecule has 0 amide bonds. The average molecular weight is 434 g/mol. The molecule has 0 bridgehead atoms. The predicted octanol–water partition coefficient (Wildman–Crippen LogP) is -2.96. The summed E-state index contributed by atoms with van der Waals surface area (Å²) in [5.41, 5.74) is 0. The zero-order valence-electron chi connectivity index (χ0n) is 16.0. The topological polar surface area (TPSA) is 188 Å². The minimum atomic E-state index is -1.64. The van der Waals surface area contributed by atoms with E-state index in [2.05, 4.69) is 0 Å². The van der Waals surface area contributed by atoms with Crippen molar-refractivity contribution >= 4 is 0 Å². The van der Waals surface area contributed by atoms with Crippen molar-refractivity contribution in [2.75, 3.05) is 20.3 Å². The maximum atomic E-state index is 10.2. The van der Waals surface area contributed by atoms with E-state index in [0.717, 1.165) is 0 Å². The third-order valence-corrected chi connectivity index (χ3v) is 4.95. The van der Waals surface area contributed by atoms with Crippen LogP contribution >= 0.6 is 0 Å². The van der Waals surface area contributed by atoms with Gasteiger partial charge >= 0.3 is 0 Å². The summed E-state index contributed by atoms with van der Waals surface area (Å²) in [5, 5.41) is 69.2. The van der Waals surface area contributed by atoms with Gasteiger partial charge in [-0.2, -0.15) is 0 Å². The summed E-state index contributed by atoms with van der Waals surface area (Å²) in [6, 6.07) is 4.03. The van der Waals surface area contributed by atoms with Gasteiger partial charge in [0.1, 0.15) is 48.5 Å². The van der Waals surface area contributed by atoms with Crippen molar-refractivity contribution in [2.45, 2.75) is 55.3 Å². The number of hydrogen-bond acceptors (Lipinski definition) is 12. The van der Waals surface area contributed by atoms with Crippen LogP contribution in [0.5, 0.6) is 17.2 Å². The van der Waals surface area contributed by atoms with Crippen LogP contribution in [0.4, 0.5) is 0 Å². The molecule has 9 atom stereocenters. The predicted molar refractivity (Wildman–Crippen MR) is 95.7 cm³/mol. The van der Waals surface area contributed by atoms with Crippen molar-refractivity contribution in [3.05, 3.63) is 18.2 Å². The van der Waals surface area contributed by atoms with E-state index < -0.39 is 61.9 Å². The van der Waals surface area contributed by atoms with Gasteiger partial charge in [0, 0.05) is 6.07 Å². The Hall–Kier alpha value is -1.74. The monoisotopic (exact) mass is 434 g/mol. The molecule has 7 N–H and O–H groups in total. The second-order valence-electron chi connectivity index (χ2n) is 7.05. The van der Waals surface area contributed by atoms with Gasteiger partial charge in [0.25, 0.3) is 0 Å². The summed E-state index contributed by atoms with van der Waals surface area (Å²) in [5.74, 6) is 0.137. The van der Waals surface area contributed by atoms with Crippen molar-refractivity contribution in [1.82, 2.24) is 0 Å². The second-order valence-corrected chi connectivity index (χ2v) is 7.05. The van der Waals surface area contributed by atoms with Crippen molar-refractivity contribution in [2.24, 2.45) is 0 Å². The van der Waals surface area contributed by atoms with Gasteiger partial charge in [-0.3, -0.25) is 0 Å². The second kappa shape index (κ2) is 9.60. The summed E-state index contributed by atoms with van der Waals surface area (Å²) >= 11 is 0. The van der Waals surface area contributed by atoms with Gasteiger partial charge in [-0.05, 0) is 12.1 Å². The number of phenolic OH excluding ortho intramolecular Hbond substituents is 1. The molecule has 2 saturated heterocycles. The lowest BCUT2D eigenvalue weighted by molar-refractivity contribution is -0.307. The number of phenols is 1. The quantitative estimate of drug-likeness (QED) is 0.241. The number of methoxy groups -OCH3 is 1. The number of aliphatic hydroxyl groups is 6. The van der Waals surface area contributed by atoms with Crippen LogP contribution in [0.2, 0.25) is 0 Å². The van der Waals surface area contributed by atoms with E-state index in [0.29, 0.717) is 0 Å². The molecular weight excluding hydrogens is 408 g/mol. The number of aromatic hydroxyl groups is 1. The largest absolute Gasteiger partial charge is 0.504 e. The number of aliphatic hydroxyl groups excluding tert-OH is 6. The van der Waals surface area contributed by atoms with E-state index in [4.69, 9.17) is 23.7 Å². The average Bonchev–Trinajstić information content (AvgIpc) is 2.74. The first kappa shape index (κ1) is 22.9. The zero-order chi connectivity index (χ0) is 22.0. The standard InChI is InChI=1S/C18H26O12/c1-26-10-4-7(2-3-8(10)19)29-18-16(25)14(23)13(22)11(30-18)6-28-17-15(24)12(21)9(20)5-27-17/h2-4,9,11-25H,5-6H2,1H3/t9-,11-,12+,13-,14+,15-,16-,17+,18-/m1/s1. The molecule has 30 heavy (non-hydrogen) atoms. The molecule has 2 fully saturated rings. The third-order valence-electron chi connectivity index (χ3n) is 4.95. The minimum absolute atomic E-state index is 0.113. The number of benzene rings is 1. The Morgan fingerprint density at radius 2 is 1.63 bits per heavy atom. The number of rotatable bonds is 6. The van der Waals surface area contributed by atoms with Crippen LogP contribution in [0.15, 0.2) is 18.2 Å². The third kappa shape index (κ3) is 4.77. The number of hydrogen-bond donors (Lipinski definition) is 7. The fourth-order valence-electron chi connectivity index (χ4n) is 3.13. The highest BCUT2D eigenvalue weighted by Gasteiger charge is 2.46. The lowest BCUT2D eigenvalue weighted by Crippen LogP contribution is -2.61. The van der Waals surface area contributed by atoms with Crippen molar-refractivity contribution in [3.8, 4) is 17.2 Å². The molecule has 0 aliphatic carbocycles. The Bertz CT molecular complexity index is 702. The Morgan fingerprint density at radius 3 is 2.33 bits per heavy atom. The van der Waals surface area contributed by atoms with Gasteiger partial charge in [-0.1, -0.05) is 0 Å². The van der Waals surface area contributed by atoms with Crippen LogP contribution in [0, 0.1) is 0 Å². The molecule has 0 aromatic heterocycles. The van der Waals surface area contributed by atoms with Crippen molar-refractivity contribution in [1.29, 1.82) is 0 Å². The summed E-state index contributed by atoms with van der Waals surface area (Å²) < 4.78 is 26.4. The Morgan fingerprint density at radius 1 is 0.933 bits per heavy atom. The van der Waals surface area contributed by atoms with Crippen LogP contribution in [-0.2, 0) is 14.2 Å². The first-order chi connectivity index (χ1) is 14.2. The highest BCUT2D eigenvalue weighted by atomic mass is 16.7. The molecule has 1 aromatic rings. The zero-order valence-corrected chi connectivity index (χ0v) is 16.0. The van der Waals surface area contributed by atoms with E-state index in [1.807, 2.05) is 0 Å². The summed E-state index contributed by atoms with van der Waals surface area (Å²) in [4.78, 5) is 0. The van der Waals surface area contributed by atoms with Gasteiger partial charge in [0.15, 0.2) is 17.8 Å². The highest BCUT2D eigenvalue weighted by Crippen LogP contribution is 2.32. The lowest BCUT2D eigenvalue weighted by atomic mass is 9.99. The van der Waals surface area contributed by atoms with E-state index in [1.165, 1.54) is 25.3 Å². The normalized spacial score (nSPS) is 39.5. The fraction of sp³-hybridized carbons (Fsp3) is 0.667. The summed E-state index contributed by atoms with van der Waals surface area (Å²) in [6.07, 6.45) is -13.0. The Labute approximate surface area is 171 Å². The molecule has 2 heterocycles. The molecule has 0 spiro atoms. The van der Waals surface area contributed by atoms with Crippen LogP contribution in [0.25, 0.3) is 0 Å².